The van der Waals surface area contributed by atoms with Crippen molar-refractivity contribution in [2.24, 2.45) is 0 Å². The van der Waals surface area contributed by atoms with Crippen molar-refractivity contribution < 1.29 is 33.3 Å². The molecule has 0 fully saturated rings. The smallest absolute Gasteiger partial charge is 0.342 e. The van der Waals surface area contributed by atoms with Gasteiger partial charge in [-0.15, -0.1) is 0 Å². The quantitative estimate of drug-likeness (QED) is 0.101. The third-order valence-electron chi connectivity index (χ3n) is 7.83. The van der Waals surface area contributed by atoms with E-state index in [-0.39, 0.29) is 31.6 Å². The van der Waals surface area contributed by atoms with E-state index >= 15 is 0 Å². The highest BCUT2D eigenvalue weighted by Gasteiger charge is 2.26. The zero-order valence-corrected chi connectivity index (χ0v) is 26.2. The monoisotopic (exact) mass is 621 g/mol. The first-order valence-electron chi connectivity index (χ1n) is 15.4. The minimum atomic E-state index is -0.490. The minimum absolute atomic E-state index is 0.163. The SMILES string of the molecule is COc1ccc(CCCOC(=O)c2c(-c3ccccc3)oc3c(OC)cc(CCC(=O)N[C@H](CO)Cc4ccccc4)cc23)cc1. The fourth-order valence-electron chi connectivity index (χ4n) is 5.44. The van der Waals surface area contributed by atoms with Gasteiger partial charge >= 0.3 is 5.97 Å². The number of hydrogen-bond donors (Lipinski definition) is 2. The molecule has 8 nitrogen and oxygen atoms in total. The van der Waals surface area contributed by atoms with Crippen LogP contribution in [0, 0.1) is 0 Å². The number of carbonyl (C=O) groups excluding carboxylic acids is 2. The van der Waals surface area contributed by atoms with E-state index in [1.54, 1.807) is 14.2 Å². The lowest BCUT2D eigenvalue weighted by molar-refractivity contribution is -0.122. The molecule has 5 rings (SSSR count). The van der Waals surface area contributed by atoms with Crippen LogP contribution in [0.5, 0.6) is 11.5 Å². The summed E-state index contributed by atoms with van der Waals surface area (Å²) in [5, 5.41) is 13.3. The minimum Gasteiger partial charge on any atom is -0.497 e. The van der Waals surface area contributed by atoms with Crippen LogP contribution >= 0.6 is 0 Å². The van der Waals surface area contributed by atoms with E-state index in [0.29, 0.717) is 47.3 Å². The molecule has 46 heavy (non-hydrogen) atoms. The van der Waals surface area contributed by atoms with E-state index in [4.69, 9.17) is 18.6 Å². The summed E-state index contributed by atoms with van der Waals surface area (Å²) in [6.45, 7) is 0.0705. The number of esters is 1. The van der Waals surface area contributed by atoms with Gasteiger partial charge in [-0.25, -0.2) is 4.79 Å². The topological polar surface area (TPSA) is 107 Å². The summed E-state index contributed by atoms with van der Waals surface area (Å²) in [7, 11) is 3.18. The molecule has 0 saturated carbocycles. The van der Waals surface area contributed by atoms with Crippen molar-refractivity contribution in [3.05, 3.63) is 119 Å². The van der Waals surface area contributed by atoms with Gasteiger partial charge in [-0.05, 0) is 66.6 Å². The third-order valence-corrected chi connectivity index (χ3v) is 7.83. The second kappa shape index (κ2) is 15.8. The summed E-state index contributed by atoms with van der Waals surface area (Å²) in [6.07, 6.45) is 2.51. The van der Waals surface area contributed by atoms with Crippen LogP contribution in [0.3, 0.4) is 0 Å². The zero-order chi connectivity index (χ0) is 32.3. The largest absolute Gasteiger partial charge is 0.497 e. The average molecular weight is 622 g/mol. The summed E-state index contributed by atoms with van der Waals surface area (Å²) in [6, 6.07) is 30.3. The normalized spacial score (nSPS) is 11.6. The number of ether oxygens (including phenoxy) is 3. The van der Waals surface area contributed by atoms with E-state index < -0.39 is 5.97 Å². The highest BCUT2D eigenvalue weighted by atomic mass is 16.5. The fraction of sp³-hybridized carbons (Fsp3) is 0.263. The lowest BCUT2D eigenvalue weighted by Gasteiger charge is -2.16. The highest BCUT2D eigenvalue weighted by molar-refractivity contribution is 6.10. The molecule has 1 atom stereocenters. The summed E-state index contributed by atoms with van der Waals surface area (Å²) in [5.41, 5.74) is 4.45. The number of hydrogen-bond acceptors (Lipinski definition) is 7. The third kappa shape index (κ3) is 8.14. The molecule has 0 bridgehead atoms. The number of aliphatic hydroxyl groups excluding tert-OH is 1. The molecule has 0 aliphatic carbocycles. The molecule has 1 aromatic heterocycles. The fourth-order valence-corrected chi connectivity index (χ4v) is 5.44. The predicted molar refractivity (Wildman–Crippen MR) is 177 cm³/mol. The number of methoxy groups -OCH3 is 2. The van der Waals surface area contributed by atoms with Crippen molar-refractivity contribution in [3.8, 4) is 22.8 Å². The van der Waals surface area contributed by atoms with Gasteiger partial charge in [0.25, 0.3) is 0 Å². The van der Waals surface area contributed by atoms with Gasteiger partial charge in [0, 0.05) is 17.4 Å². The van der Waals surface area contributed by atoms with Crippen LogP contribution in [0.4, 0.5) is 0 Å². The van der Waals surface area contributed by atoms with E-state index in [9.17, 15) is 14.7 Å². The van der Waals surface area contributed by atoms with Gasteiger partial charge in [0.15, 0.2) is 11.3 Å². The molecule has 2 N–H and O–H groups in total. The first-order chi connectivity index (χ1) is 22.5. The van der Waals surface area contributed by atoms with Crippen LogP contribution in [0.15, 0.2) is 101 Å². The molecule has 0 spiro atoms. The number of furan rings is 1. The maximum atomic E-state index is 13.7. The van der Waals surface area contributed by atoms with Gasteiger partial charge in [-0.3, -0.25) is 4.79 Å². The van der Waals surface area contributed by atoms with E-state index in [1.165, 1.54) is 0 Å². The Bertz CT molecular complexity index is 1730. The predicted octanol–water partition coefficient (Wildman–Crippen LogP) is 6.56. The van der Waals surface area contributed by atoms with Crippen molar-refractivity contribution in [2.45, 2.75) is 38.1 Å². The number of aryl methyl sites for hydroxylation is 2. The molecule has 5 aromatic rings. The summed E-state index contributed by atoms with van der Waals surface area (Å²) in [4.78, 5) is 26.5. The van der Waals surface area contributed by atoms with Crippen molar-refractivity contribution >= 4 is 22.8 Å². The lowest BCUT2D eigenvalue weighted by atomic mass is 10.0. The molecule has 8 heteroatoms. The molecule has 0 saturated heterocycles. The van der Waals surface area contributed by atoms with Crippen LogP contribution < -0.4 is 14.8 Å². The number of rotatable bonds is 15. The van der Waals surface area contributed by atoms with Gasteiger partial charge < -0.3 is 29.1 Å². The second-order valence-corrected chi connectivity index (χ2v) is 11.1. The van der Waals surface area contributed by atoms with Crippen LogP contribution in [0.25, 0.3) is 22.3 Å². The Morgan fingerprint density at radius 3 is 2.22 bits per heavy atom. The molecule has 0 aliphatic heterocycles. The first kappa shape index (κ1) is 32.3. The van der Waals surface area contributed by atoms with Crippen molar-refractivity contribution in [1.29, 1.82) is 0 Å². The Kier molecular flexibility index (Phi) is 11.1. The zero-order valence-electron chi connectivity index (χ0n) is 26.2. The number of amides is 1. The van der Waals surface area contributed by atoms with Crippen LogP contribution in [-0.4, -0.2) is 50.5 Å². The lowest BCUT2D eigenvalue weighted by Crippen LogP contribution is -2.39. The van der Waals surface area contributed by atoms with Gasteiger partial charge in [0.1, 0.15) is 17.1 Å². The first-order valence-corrected chi connectivity index (χ1v) is 15.4. The molecule has 1 amide bonds. The Morgan fingerprint density at radius 2 is 1.54 bits per heavy atom. The summed E-state index contributed by atoms with van der Waals surface area (Å²) >= 11 is 0. The van der Waals surface area contributed by atoms with E-state index in [0.717, 1.165) is 34.4 Å². The van der Waals surface area contributed by atoms with Gasteiger partial charge in [0.2, 0.25) is 5.91 Å². The second-order valence-electron chi connectivity index (χ2n) is 11.1. The molecule has 0 radical (unpaired) electrons. The number of carbonyl (C=O) groups is 2. The molecule has 1 heterocycles. The Balaban J connectivity index is 1.33. The molecule has 238 valence electrons. The van der Waals surface area contributed by atoms with E-state index in [1.807, 2.05) is 97.1 Å². The van der Waals surface area contributed by atoms with Crippen molar-refractivity contribution in [3.63, 3.8) is 0 Å². The maximum absolute atomic E-state index is 13.7. The molecule has 0 unspecified atom stereocenters. The highest BCUT2D eigenvalue weighted by Crippen LogP contribution is 2.39. The Labute approximate surface area is 268 Å². The van der Waals surface area contributed by atoms with Crippen molar-refractivity contribution in [1.82, 2.24) is 5.32 Å². The number of benzene rings is 4. The standard InChI is InChI=1S/C38H39NO7/c1-43-31-18-15-26(16-19-31)12-9-21-45-38(42)35-32-23-28(17-20-34(41)39-30(25-40)22-27-10-5-3-6-11-27)24-33(44-2)37(32)46-36(35)29-13-7-4-8-14-29/h3-8,10-11,13-16,18-19,23-24,30,40H,9,12,17,20-22,25H2,1-2H3,(H,39,41)/t30-/m0/s1. The summed E-state index contributed by atoms with van der Waals surface area (Å²) in [5.74, 6) is 0.985. The number of nitrogens with one attached hydrogen (secondary N) is 1. The van der Waals surface area contributed by atoms with Gasteiger partial charge in [0.05, 0.1) is 33.5 Å². The maximum Gasteiger partial charge on any atom is 0.342 e. The van der Waals surface area contributed by atoms with E-state index in [2.05, 4.69) is 5.32 Å². The Hall–Kier alpha value is -5.08. The van der Waals surface area contributed by atoms with Crippen molar-refractivity contribution in [2.75, 3.05) is 27.4 Å². The summed E-state index contributed by atoms with van der Waals surface area (Å²) < 4.78 is 23.0. The number of aliphatic hydroxyl groups is 1. The Morgan fingerprint density at radius 1 is 0.826 bits per heavy atom. The number of fused-ring (bicyclic) bond motifs is 1. The van der Waals surface area contributed by atoms with Gasteiger partial charge in [-0.2, -0.15) is 0 Å². The van der Waals surface area contributed by atoms with Crippen LogP contribution in [-0.2, 0) is 28.8 Å². The molecular weight excluding hydrogens is 582 g/mol. The van der Waals surface area contributed by atoms with Crippen LogP contribution in [0.2, 0.25) is 0 Å². The van der Waals surface area contributed by atoms with Crippen LogP contribution in [0.1, 0.15) is 39.9 Å². The molecular formula is C38H39NO7. The van der Waals surface area contributed by atoms with Gasteiger partial charge in [-0.1, -0.05) is 72.8 Å². The molecule has 0 aliphatic rings. The molecule has 4 aromatic carbocycles. The average Bonchev–Trinajstić information content (AvgIpc) is 3.49.